The predicted octanol–water partition coefficient (Wildman–Crippen LogP) is 0.0251. The predicted molar refractivity (Wildman–Crippen MR) is 74.3 cm³/mol. The summed E-state index contributed by atoms with van der Waals surface area (Å²) in [6, 6.07) is 9.26. The molecule has 0 aliphatic heterocycles. The molecule has 20 heavy (non-hydrogen) atoms. The van der Waals surface area contributed by atoms with E-state index in [4.69, 9.17) is 5.73 Å². The summed E-state index contributed by atoms with van der Waals surface area (Å²) in [4.78, 5) is 35.4. The summed E-state index contributed by atoms with van der Waals surface area (Å²) in [7, 11) is 0. The van der Waals surface area contributed by atoms with Crippen LogP contribution in [0, 0.1) is 0 Å². The number of nitrogens with one attached hydrogen (secondary N) is 1. The molecule has 0 spiro atoms. The Kier molecular flexibility index (Phi) is 5.25. The van der Waals surface area contributed by atoms with Crippen LogP contribution >= 0.6 is 0 Å². The van der Waals surface area contributed by atoms with Crippen molar-refractivity contribution in [2.45, 2.75) is 25.9 Å². The number of hydrogen-bond acceptors (Lipinski definition) is 3. The normalized spacial score (nSPS) is 10.7. The lowest BCUT2D eigenvalue weighted by Gasteiger charge is -2.36. The lowest BCUT2D eigenvalue weighted by Crippen LogP contribution is -2.57. The van der Waals surface area contributed by atoms with Crippen LogP contribution in [0.3, 0.4) is 0 Å². The van der Waals surface area contributed by atoms with Gasteiger partial charge >= 0.3 is 0 Å². The maximum atomic E-state index is 12.2. The van der Waals surface area contributed by atoms with Crippen molar-refractivity contribution in [1.82, 2.24) is 10.2 Å². The molecular formula is C14H19N3O3. The van der Waals surface area contributed by atoms with Gasteiger partial charge < -0.3 is 16.0 Å². The number of hydrogen-bond donors (Lipinski definition) is 2. The third-order valence-corrected chi connectivity index (χ3v) is 3.10. The monoisotopic (exact) mass is 277 g/mol. The first-order valence-electron chi connectivity index (χ1n) is 6.21. The largest absolute Gasteiger partial charge is 0.368 e. The first-order chi connectivity index (χ1) is 9.39. The Bertz CT molecular complexity index is 486. The Morgan fingerprint density at radius 2 is 1.90 bits per heavy atom. The van der Waals surface area contributed by atoms with Crippen molar-refractivity contribution in [2.75, 3.05) is 6.54 Å². The van der Waals surface area contributed by atoms with Crippen molar-refractivity contribution in [3.8, 4) is 0 Å². The molecule has 3 amide bonds. The van der Waals surface area contributed by atoms with E-state index in [1.807, 2.05) is 30.3 Å². The lowest BCUT2D eigenvalue weighted by atomic mass is 10.0. The number of amides is 3. The van der Waals surface area contributed by atoms with Crippen LogP contribution in [0.15, 0.2) is 30.3 Å². The number of carbonyl (C=O) groups is 3. The van der Waals surface area contributed by atoms with Crippen LogP contribution in [0.1, 0.15) is 19.4 Å². The van der Waals surface area contributed by atoms with E-state index < -0.39 is 11.4 Å². The molecule has 108 valence electrons. The summed E-state index contributed by atoms with van der Waals surface area (Å²) >= 11 is 0. The quantitative estimate of drug-likeness (QED) is 0.688. The average molecular weight is 277 g/mol. The summed E-state index contributed by atoms with van der Waals surface area (Å²) in [6.07, 6.45) is 0.440. The summed E-state index contributed by atoms with van der Waals surface area (Å²) in [5.41, 5.74) is 5.10. The fraction of sp³-hybridized carbons (Fsp3) is 0.357. The number of nitrogens with two attached hydrogens (primary N) is 1. The fourth-order valence-corrected chi connectivity index (χ4v) is 1.72. The van der Waals surface area contributed by atoms with Crippen LogP contribution < -0.4 is 11.1 Å². The van der Waals surface area contributed by atoms with E-state index >= 15 is 0 Å². The summed E-state index contributed by atoms with van der Waals surface area (Å²) < 4.78 is 0. The molecular weight excluding hydrogens is 258 g/mol. The second-order valence-corrected chi connectivity index (χ2v) is 4.89. The Balaban J connectivity index is 2.98. The van der Waals surface area contributed by atoms with E-state index in [2.05, 4.69) is 5.32 Å². The fourth-order valence-electron chi connectivity index (χ4n) is 1.72. The molecule has 0 aliphatic rings. The highest BCUT2D eigenvalue weighted by Crippen LogP contribution is 2.18. The van der Waals surface area contributed by atoms with Crippen LogP contribution in [-0.2, 0) is 20.9 Å². The molecule has 3 N–H and O–H groups in total. The highest BCUT2D eigenvalue weighted by atomic mass is 16.2. The highest BCUT2D eigenvalue weighted by Gasteiger charge is 2.35. The molecule has 0 atom stereocenters. The van der Waals surface area contributed by atoms with Gasteiger partial charge in [-0.25, -0.2) is 0 Å². The summed E-state index contributed by atoms with van der Waals surface area (Å²) in [6.45, 7) is 3.23. The Morgan fingerprint density at radius 3 is 2.40 bits per heavy atom. The molecule has 0 saturated heterocycles. The number of primary amides is 1. The lowest BCUT2D eigenvalue weighted by molar-refractivity contribution is -0.144. The molecule has 0 unspecified atom stereocenters. The van der Waals surface area contributed by atoms with Gasteiger partial charge in [0.1, 0.15) is 5.54 Å². The number of carbonyl (C=O) groups excluding carboxylic acids is 3. The molecule has 0 saturated carbocycles. The van der Waals surface area contributed by atoms with Gasteiger partial charge in [-0.2, -0.15) is 0 Å². The second-order valence-electron chi connectivity index (χ2n) is 4.89. The van der Waals surface area contributed by atoms with Crippen LogP contribution in [0.25, 0.3) is 0 Å². The molecule has 0 aliphatic carbocycles. The number of benzene rings is 1. The topological polar surface area (TPSA) is 92.5 Å². The van der Waals surface area contributed by atoms with Crippen molar-refractivity contribution in [3.63, 3.8) is 0 Å². The summed E-state index contributed by atoms with van der Waals surface area (Å²) in [5.74, 6) is -0.974. The minimum atomic E-state index is -1.14. The van der Waals surface area contributed by atoms with Gasteiger partial charge in [-0.1, -0.05) is 30.3 Å². The van der Waals surface area contributed by atoms with Gasteiger partial charge in [0.2, 0.25) is 18.2 Å². The molecule has 0 fully saturated rings. The van der Waals surface area contributed by atoms with Gasteiger partial charge in [0.05, 0.1) is 6.54 Å². The first kappa shape index (κ1) is 15.7. The molecule has 1 rings (SSSR count). The van der Waals surface area contributed by atoms with Crippen molar-refractivity contribution >= 4 is 18.2 Å². The van der Waals surface area contributed by atoms with Gasteiger partial charge in [0.15, 0.2) is 0 Å². The molecule has 1 aromatic carbocycles. The molecule has 6 nitrogen and oxygen atoms in total. The van der Waals surface area contributed by atoms with E-state index in [0.29, 0.717) is 6.41 Å². The highest BCUT2D eigenvalue weighted by molar-refractivity contribution is 5.90. The molecule has 6 heteroatoms. The van der Waals surface area contributed by atoms with E-state index in [-0.39, 0.29) is 19.0 Å². The zero-order valence-electron chi connectivity index (χ0n) is 11.6. The van der Waals surface area contributed by atoms with Gasteiger partial charge in [-0.3, -0.25) is 14.4 Å². The molecule has 1 aromatic rings. The van der Waals surface area contributed by atoms with Crippen molar-refractivity contribution in [1.29, 1.82) is 0 Å². The smallest absolute Gasteiger partial charge is 0.243 e. The summed E-state index contributed by atoms with van der Waals surface area (Å²) in [5, 5.41) is 2.30. The van der Waals surface area contributed by atoms with E-state index in [1.54, 1.807) is 13.8 Å². The minimum Gasteiger partial charge on any atom is -0.368 e. The van der Waals surface area contributed by atoms with Gasteiger partial charge in [0, 0.05) is 6.54 Å². The first-order valence-corrected chi connectivity index (χ1v) is 6.21. The molecule has 0 radical (unpaired) electrons. The maximum Gasteiger partial charge on any atom is 0.243 e. The third kappa shape index (κ3) is 3.81. The zero-order valence-corrected chi connectivity index (χ0v) is 11.6. The van der Waals surface area contributed by atoms with Crippen LogP contribution in [0.2, 0.25) is 0 Å². The number of nitrogens with zero attached hydrogens (tertiary/aromatic N) is 1. The van der Waals surface area contributed by atoms with Crippen LogP contribution in [0.4, 0.5) is 0 Å². The molecule has 0 bridgehead atoms. The van der Waals surface area contributed by atoms with E-state index in [1.165, 1.54) is 4.90 Å². The number of rotatable bonds is 7. The van der Waals surface area contributed by atoms with Crippen molar-refractivity contribution < 1.29 is 14.4 Å². The molecule has 0 heterocycles. The average Bonchev–Trinajstić information content (AvgIpc) is 2.43. The maximum absolute atomic E-state index is 12.2. The SMILES string of the molecule is CC(C)(C(N)=O)N(Cc1ccccc1)C(=O)CNC=O. The van der Waals surface area contributed by atoms with E-state index in [0.717, 1.165) is 5.56 Å². The molecule has 0 aromatic heterocycles. The Labute approximate surface area is 117 Å². The van der Waals surface area contributed by atoms with E-state index in [9.17, 15) is 14.4 Å². The second kappa shape index (κ2) is 6.70. The van der Waals surface area contributed by atoms with Gasteiger partial charge in [-0.05, 0) is 19.4 Å². The third-order valence-electron chi connectivity index (χ3n) is 3.10. The van der Waals surface area contributed by atoms with Crippen molar-refractivity contribution in [2.24, 2.45) is 5.73 Å². The van der Waals surface area contributed by atoms with Crippen LogP contribution in [0.5, 0.6) is 0 Å². The zero-order chi connectivity index (χ0) is 15.2. The Hall–Kier alpha value is -2.37. The standard InChI is InChI=1S/C14H19N3O3/c1-14(2,13(15)20)17(12(19)8-16-10-18)9-11-6-4-3-5-7-11/h3-7,10H,8-9H2,1-2H3,(H2,15,20)(H,16,18). The van der Waals surface area contributed by atoms with Gasteiger partial charge in [-0.15, -0.1) is 0 Å². The Morgan fingerprint density at radius 1 is 1.30 bits per heavy atom. The van der Waals surface area contributed by atoms with Crippen LogP contribution in [-0.4, -0.2) is 35.2 Å². The van der Waals surface area contributed by atoms with Gasteiger partial charge in [0.25, 0.3) is 0 Å². The minimum absolute atomic E-state index is 0.174. The van der Waals surface area contributed by atoms with Crippen molar-refractivity contribution in [3.05, 3.63) is 35.9 Å².